The van der Waals surface area contributed by atoms with Crippen LogP contribution in [-0.2, 0) is 4.79 Å². The fraction of sp³-hybridized carbons (Fsp3) is 0.667. The smallest absolute Gasteiger partial charge is 0.317 e. The summed E-state index contributed by atoms with van der Waals surface area (Å²) < 4.78 is 0. The van der Waals surface area contributed by atoms with E-state index in [2.05, 4.69) is 11.9 Å². The Labute approximate surface area is 112 Å². The van der Waals surface area contributed by atoms with E-state index in [1.807, 2.05) is 6.92 Å². The number of amides is 2. The molecule has 0 aromatic rings. The van der Waals surface area contributed by atoms with Crippen molar-refractivity contribution < 1.29 is 14.7 Å². The molecule has 5 nitrogen and oxygen atoms in total. The van der Waals surface area contributed by atoms with E-state index in [0.717, 1.165) is 6.42 Å². The molecule has 1 rings (SSSR count). The summed E-state index contributed by atoms with van der Waals surface area (Å²) in [7, 11) is 0. The van der Waals surface area contributed by atoms with E-state index in [0.29, 0.717) is 24.4 Å². The fourth-order valence-corrected chi connectivity index (χ4v) is 2.36. The van der Waals surface area contributed by atoms with Gasteiger partial charge in [-0.3, -0.25) is 4.79 Å². The van der Waals surface area contributed by atoms with Crippen LogP contribution >= 0.6 is 11.6 Å². The fourth-order valence-electron chi connectivity index (χ4n) is 2.29. The molecule has 102 valence electrons. The van der Waals surface area contributed by atoms with Crippen LogP contribution in [0.2, 0.25) is 0 Å². The van der Waals surface area contributed by atoms with Crippen LogP contribution in [0.1, 0.15) is 26.2 Å². The van der Waals surface area contributed by atoms with Gasteiger partial charge in [0, 0.05) is 18.1 Å². The number of nitrogens with one attached hydrogen (secondary N) is 1. The molecule has 0 spiro atoms. The third-order valence-corrected chi connectivity index (χ3v) is 3.39. The second kappa shape index (κ2) is 6.09. The van der Waals surface area contributed by atoms with Crippen molar-refractivity contribution >= 4 is 23.6 Å². The van der Waals surface area contributed by atoms with Crippen molar-refractivity contribution in [2.75, 3.05) is 19.6 Å². The molecule has 0 aliphatic carbocycles. The topological polar surface area (TPSA) is 69.6 Å². The lowest BCUT2D eigenvalue weighted by Gasteiger charge is -2.24. The molecule has 1 saturated heterocycles. The first-order valence-electron chi connectivity index (χ1n) is 6.01. The highest BCUT2D eigenvalue weighted by Crippen LogP contribution is 2.35. The molecule has 0 aromatic carbocycles. The number of carbonyl (C=O) groups is 2. The lowest BCUT2D eigenvalue weighted by Crippen LogP contribution is -2.42. The SMILES string of the molecule is C=C(Cl)CNC(=O)N1CCC(CCC)(C(=O)O)C1. The zero-order valence-electron chi connectivity index (χ0n) is 10.5. The zero-order valence-corrected chi connectivity index (χ0v) is 11.3. The first kappa shape index (κ1) is 14.8. The lowest BCUT2D eigenvalue weighted by molar-refractivity contribution is -0.148. The Bertz CT molecular complexity index is 359. The maximum Gasteiger partial charge on any atom is 0.317 e. The molecule has 0 bridgehead atoms. The van der Waals surface area contributed by atoms with Crippen molar-refractivity contribution in [2.45, 2.75) is 26.2 Å². The van der Waals surface area contributed by atoms with Crippen molar-refractivity contribution in [3.8, 4) is 0 Å². The molecule has 1 aliphatic heterocycles. The van der Waals surface area contributed by atoms with Crippen LogP contribution in [-0.4, -0.2) is 41.6 Å². The van der Waals surface area contributed by atoms with Gasteiger partial charge in [0.1, 0.15) is 0 Å². The second-order valence-corrected chi connectivity index (χ2v) is 5.22. The van der Waals surface area contributed by atoms with Crippen molar-refractivity contribution in [3.05, 3.63) is 11.6 Å². The third kappa shape index (κ3) is 3.38. The normalized spacial score (nSPS) is 22.9. The maximum absolute atomic E-state index is 11.8. The van der Waals surface area contributed by atoms with E-state index in [4.69, 9.17) is 11.6 Å². The Morgan fingerprint density at radius 3 is 2.72 bits per heavy atom. The van der Waals surface area contributed by atoms with Gasteiger partial charge in [-0.2, -0.15) is 0 Å². The Morgan fingerprint density at radius 1 is 1.56 bits per heavy atom. The molecule has 1 atom stereocenters. The number of hydrogen-bond donors (Lipinski definition) is 2. The molecule has 1 unspecified atom stereocenters. The second-order valence-electron chi connectivity index (χ2n) is 4.68. The molecule has 0 saturated carbocycles. The highest BCUT2D eigenvalue weighted by Gasteiger charge is 2.45. The Kier molecular flexibility index (Phi) is 5.02. The number of carboxylic acid groups (broad SMARTS) is 1. The quantitative estimate of drug-likeness (QED) is 0.806. The van der Waals surface area contributed by atoms with Gasteiger partial charge in [-0.25, -0.2) is 4.79 Å². The first-order valence-corrected chi connectivity index (χ1v) is 6.38. The molecular formula is C12H19ClN2O3. The lowest BCUT2D eigenvalue weighted by atomic mass is 9.83. The van der Waals surface area contributed by atoms with Crippen LogP contribution in [0.3, 0.4) is 0 Å². The molecule has 1 aliphatic rings. The van der Waals surface area contributed by atoms with E-state index in [9.17, 15) is 14.7 Å². The first-order chi connectivity index (χ1) is 8.41. The van der Waals surface area contributed by atoms with Crippen LogP contribution in [0.15, 0.2) is 11.6 Å². The van der Waals surface area contributed by atoms with Crippen LogP contribution < -0.4 is 5.32 Å². The molecule has 6 heteroatoms. The van der Waals surface area contributed by atoms with Crippen molar-refractivity contribution in [1.29, 1.82) is 0 Å². The van der Waals surface area contributed by atoms with E-state index < -0.39 is 11.4 Å². The number of urea groups is 1. The number of rotatable bonds is 5. The number of likely N-dealkylation sites (tertiary alicyclic amines) is 1. The van der Waals surface area contributed by atoms with Crippen molar-refractivity contribution in [1.82, 2.24) is 10.2 Å². The summed E-state index contributed by atoms with van der Waals surface area (Å²) in [6.07, 6.45) is 1.89. The van der Waals surface area contributed by atoms with Gasteiger partial charge in [0.2, 0.25) is 0 Å². The van der Waals surface area contributed by atoms with Crippen LogP contribution in [0.4, 0.5) is 4.79 Å². The summed E-state index contributed by atoms with van der Waals surface area (Å²) in [5, 5.41) is 12.3. The minimum Gasteiger partial charge on any atom is -0.481 e. The van der Waals surface area contributed by atoms with Gasteiger partial charge in [0.25, 0.3) is 0 Å². The summed E-state index contributed by atoms with van der Waals surface area (Å²) in [6, 6.07) is -0.281. The minimum absolute atomic E-state index is 0.199. The average Bonchev–Trinajstić information content (AvgIpc) is 2.72. The minimum atomic E-state index is -0.818. The maximum atomic E-state index is 11.8. The molecule has 0 radical (unpaired) electrons. The van der Waals surface area contributed by atoms with E-state index in [1.165, 1.54) is 4.90 Å². The van der Waals surface area contributed by atoms with Gasteiger partial charge in [-0.1, -0.05) is 31.5 Å². The molecule has 18 heavy (non-hydrogen) atoms. The average molecular weight is 275 g/mol. The summed E-state index contributed by atoms with van der Waals surface area (Å²) in [5.74, 6) is -0.818. The summed E-state index contributed by atoms with van der Waals surface area (Å²) >= 11 is 5.56. The largest absolute Gasteiger partial charge is 0.481 e. The molecule has 1 heterocycles. The van der Waals surface area contributed by atoms with Gasteiger partial charge in [-0.05, 0) is 12.8 Å². The molecule has 2 amide bonds. The standard InChI is InChI=1S/C12H19ClN2O3/c1-3-4-12(10(16)17)5-6-15(8-12)11(18)14-7-9(2)13/h2-8H2,1H3,(H,14,18)(H,16,17). The Hall–Kier alpha value is -1.23. The van der Waals surface area contributed by atoms with Gasteiger partial charge in [-0.15, -0.1) is 0 Å². The van der Waals surface area contributed by atoms with Gasteiger partial charge >= 0.3 is 12.0 Å². The zero-order chi connectivity index (χ0) is 13.8. The Morgan fingerprint density at radius 2 is 2.22 bits per heavy atom. The highest BCUT2D eigenvalue weighted by atomic mass is 35.5. The van der Waals surface area contributed by atoms with Gasteiger partial charge in [0.15, 0.2) is 0 Å². The van der Waals surface area contributed by atoms with Crippen LogP contribution in [0.5, 0.6) is 0 Å². The van der Waals surface area contributed by atoms with Gasteiger partial charge < -0.3 is 15.3 Å². The number of hydrogen-bond acceptors (Lipinski definition) is 2. The summed E-state index contributed by atoms with van der Waals surface area (Å²) in [6.45, 7) is 6.35. The highest BCUT2D eigenvalue weighted by molar-refractivity contribution is 6.29. The number of aliphatic carboxylic acids is 1. The number of carbonyl (C=O) groups excluding carboxylic acids is 1. The van der Waals surface area contributed by atoms with E-state index >= 15 is 0 Å². The Balaban J connectivity index is 2.60. The van der Waals surface area contributed by atoms with E-state index in [-0.39, 0.29) is 19.1 Å². The third-order valence-electron chi connectivity index (χ3n) is 3.25. The van der Waals surface area contributed by atoms with Crippen LogP contribution in [0, 0.1) is 5.41 Å². The molecule has 1 fully saturated rings. The monoisotopic (exact) mass is 274 g/mol. The predicted molar refractivity (Wildman–Crippen MR) is 69.6 cm³/mol. The van der Waals surface area contributed by atoms with Crippen molar-refractivity contribution in [2.24, 2.45) is 5.41 Å². The number of nitrogens with zero attached hydrogens (tertiary/aromatic N) is 1. The summed E-state index contributed by atoms with van der Waals surface area (Å²) in [4.78, 5) is 24.7. The molecule has 0 aromatic heterocycles. The van der Waals surface area contributed by atoms with Crippen LogP contribution in [0.25, 0.3) is 0 Å². The van der Waals surface area contributed by atoms with Gasteiger partial charge in [0.05, 0.1) is 12.0 Å². The number of halogens is 1. The summed E-state index contributed by atoms with van der Waals surface area (Å²) in [5.41, 5.74) is -0.788. The molecule has 2 N–H and O–H groups in total. The van der Waals surface area contributed by atoms with Crippen molar-refractivity contribution in [3.63, 3.8) is 0 Å². The van der Waals surface area contributed by atoms with E-state index in [1.54, 1.807) is 0 Å². The molecular weight excluding hydrogens is 256 g/mol. The number of carboxylic acids is 1. The predicted octanol–water partition coefficient (Wildman–Crippen LogP) is 2.03.